The van der Waals surface area contributed by atoms with Crippen LogP contribution in [0.3, 0.4) is 0 Å². The minimum atomic E-state index is -0.343. The van der Waals surface area contributed by atoms with Gasteiger partial charge in [-0.25, -0.2) is 9.37 Å². The smallest absolute Gasteiger partial charge is 0.260 e. The molecule has 0 saturated carbocycles. The van der Waals surface area contributed by atoms with E-state index >= 15 is 0 Å². The Labute approximate surface area is 130 Å². The quantitative estimate of drug-likeness (QED) is 0.681. The van der Waals surface area contributed by atoms with E-state index < -0.39 is 0 Å². The highest BCUT2D eigenvalue weighted by Gasteiger charge is 2.13. The maximum Gasteiger partial charge on any atom is 0.260 e. The van der Waals surface area contributed by atoms with Gasteiger partial charge in [0.25, 0.3) is 5.56 Å². The summed E-state index contributed by atoms with van der Waals surface area (Å²) in [4.78, 5) is 19.7. The second kappa shape index (κ2) is 5.27. The minimum absolute atomic E-state index is 0.153. The molecule has 0 amide bonds. The fraction of sp³-hybridized carbons (Fsp3) is 0.0769. The first-order chi connectivity index (χ1) is 9.60. The van der Waals surface area contributed by atoms with Crippen molar-refractivity contribution in [1.82, 2.24) is 9.97 Å². The summed E-state index contributed by atoms with van der Waals surface area (Å²) in [6.45, 7) is 0. The number of nitrogens with one attached hydrogen (secondary N) is 1. The number of hydrogen-bond donors (Lipinski definition) is 1. The molecular weight excluding hydrogens is 367 g/mol. The van der Waals surface area contributed by atoms with E-state index in [1.165, 1.54) is 17.4 Å². The Kier molecular flexibility index (Phi) is 3.62. The Morgan fingerprint density at radius 3 is 2.95 bits per heavy atom. The normalized spacial score (nSPS) is 11.2. The first kappa shape index (κ1) is 13.7. The lowest BCUT2D eigenvalue weighted by Gasteiger charge is -2.02. The van der Waals surface area contributed by atoms with Crippen LogP contribution in [0.4, 0.5) is 4.39 Å². The van der Waals surface area contributed by atoms with Crippen molar-refractivity contribution in [2.45, 2.75) is 5.88 Å². The summed E-state index contributed by atoms with van der Waals surface area (Å²) in [5.74, 6) is 0.253. The maximum absolute atomic E-state index is 13.3. The zero-order valence-electron chi connectivity index (χ0n) is 9.91. The third-order valence-corrected chi connectivity index (χ3v) is 4.58. The summed E-state index contributed by atoms with van der Waals surface area (Å²) in [6, 6.07) is 4.64. The van der Waals surface area contributed by atoms with Crippen LogP contribution >= 0.6 is 38.9 Å². The van der Waals surface area contributed by atoms with Gasteiger partial charge in [-0.1, -0.05) is 6.07 Å². The molecule has 7 heteroatoms. The zero-order chi connectivity index (χ0) is 14.3. The maximum atomic E-state index is 13.3. The highest BCUT2D eigenvalue weighted by molar-refractivity contribution is 9.10. The largest absolute Gasteiger partial charge is 0.309 e. The number of alkyl halides is 1. The second-order valence-electron chi connectivity index (χ2n) is 4.10. The molecule has 2 heterocycles. The predicted octanol–water partition coefficient (Wildman–Crippen LogP) is 4.29. The van der Waals surface area contributed by atoms with Gasteiger partial charge in [-0.3, -0.25) is 4.79 Å². The van der Waals surface area contributed by atoms with Crippen LogP contribution in [0.15, 0.2) is 32.8 Å². The van der Waals surface area contributed by atoms with Gasteiger partial charge < -0.3 is 4.98 Å². The van der Waals surface area contributed by atoms with Crippen LogP contribution in [0, 0.1) is 5.82 Å². The van der Waals surface area contributed by atoms with Crippen molar-refractivity contribution in [3.63, 3.8) is 0 Å². The van der Waals surface area contributed by atoms with Gasteiger partial charge in [0.1, 0.15) is 16.5 Å². The summed E-state index contributed by atoms with van der Waals surface area (Å²) in [7, 11) is 0. The molecule has 3 rings (SSSR count). The van der Waals surface area contributed by atoms with Gasteiger partial charge >= 0.3 is 0 Å². The molecule has 0 unspecified atom stereocenters. The van der Waals surface area contributed by atoms with Crippen LogP contribution in [-0.2, 0) is 5.88 Å². The van der Waals surface area contributed by atoms with E-state index in [0.29, 0.717) is 20.5 Å². The Hall–Kier alpha value is -1.24. The summed E-state index contributed by atoms with van der Waals surface area (Å²) in [6.07, 6.45) is 0. The first-order valence-electron chi connectivity index (χ1n) is 5.62. The summed E-state index contributed by atoms with van der Waals surface area (Å²) in [5, 5.41) is 2.34. The highest BCUT2D eigenvalue weighted by Crippen LogP contribution is 2.32. The van der Waals surface area contributed by atoms with E-state index in [0.717, 1.165) is 11.1 Å². The molecule has 0 radical (unpaired) electrons. The van der Waals surface area contributed by atoms with Gasteiger partial charge in [0.2, 0.25) is 0 Å². The van der Waals surface area contributed by atoms with Crippen LogP contribution in [0.1, 0.15) is 5.82 Å². The third-order valence-electron chi connectivity index (χ3n) is 2.85. The molecular formula is C13H7BrClFN2OS. The van der Waals surface area contributed by atoms with Crippen LogP contribution in [-0.4, -0.2) is 9.97 Å². The van der Waals surface area contributed by atoms with Crippen molar-refractivity contribution >= 4 is 49.1 Å². The SMILES string of the molecule is O=c1[nH]c(CCl)nc2scc(-c3ccc(F)c(Br)c3)c12. The van der Waals surface area contributed by atoms with Crippen LogP contribution < -0.4 is 5.56 Å². The van der Waals surface area contributed by atoms with Crippen molar-refractivity contribution < 1.29 is 4.39 Å². The zero-order valence-corrected chi connectivity index (χ0v) is 13.1. The fourth-order valence-electron chi connectivity index (χ4n) is 1.93. The molecule has 20 heavy (non-hydrogen) atoms. The first-order valence-corrected chi connectivity index (χ1v) is 7.82. The lowest BCUT2D eigenvalue weighted by atomic mass is 10.1. The molecule has 0 aliphatic carbocycles. The molecule has 1 aromatic carbocycles. The Morgan fingerprint density at radius 2 is 2.25 bits per heavy atom. The Balaban J connectivity index is 2.27. The molecule has 0 atom stereocenters. The van der Waals surface area contributed by atoms with Crippen LogP contribution in [0.25, 0.3) is 21.3 Å². The molecule has 0 aliphatic heterocycles. The molecule has 2 aromatic heterocycles. The molecule has 1 N–H and O–H groups in total. The third kappa shape index (κ3) is 2.28. The Morgan fingerprint density at radius 1 is 1.45 bits per heavy atom. The number of aromatic amines is 1. The highest BCUT2D eigenvalue weighted by atomic mass is 79.9. The topological polar surface area (TPSA) is 45.8 Å². The number of H-pyrrole nitrogens is 1. The van der Waals surface area contributed by atoms with Gasteiger partial charge in [-0.05, 0) is 33.6 Å². The number of nitrogens with zero attached hydrogens (tertiary/aromatic N) is 1. The summed E-state index contributed by atoms with van der Waals surface area (Å²) in [5.41, 5.74) is 1.26. The van der Waals surface area contributed by atoms with Crippen molar-refractivity contribution in [1.29, 1.82) is 0 Å². The molecule has 0 saturated heterocycles. The van der Waals surface area contributed by atoms with E-state index in [-0.39, 0.29) is 17.3 Å². The monoisotopic (exact) mass is 372 g/mol. The summed E-state index contributed by atoms with van der Waals surface area (Å²) < 4.78 is 13.7. The molecule has 0 fully saturated rings. The molecule has 3 nitrogen and oxygen atoms in total. The fourth-order valence-corrected chi connectivity index (χ4v) is 3.41. The number of thiophene rings is 1. The van der Waals surface area contributed by atoms with Crippen LogP contribution in [0.2, 0.25) is 0 Å². The Bertz CT molecular complexity index is 861. The van der Waals surface area contributed by atoms with Gasteiger partial charge in [0.15, 0.2) is 0 Å². The van der Waals surface area contributed by atoms with Crippen molar-refractivity contribution in [2.75, 3.05) is 0 Å². The molecule has 3 aromatic rings. The second-order valence-corrected chi connectivity index (χ2v) is 6.08. The van der Waals surface area contributed by atoms with E-state index in [9.17, 15) is 9.18 Å². The predicted molar refractivity (Wildman–Crippen MR) is 82.9 cm³/mol. The van der Waals surface area contributed by atoms with E-state index in [4.69, 9.17) is 11.6 Å². The van der Waals surface area contributed by atoms with Gasteiger partial charge in [-0.2, -0.15) is 0 Å². The van der Waals surface area contributed by atoms with E-state index in [1.807, 2.05) is 5.38 Å². The molecule has 0 aliphatic rings. The minimum Gasteiger partial charge on any atom is -0.309 e. The average molecular weight is 374 g/mol. The number of hydrogen-bond acceptors (Lipinski definition) is 3. The summed E-state index contributed by atoms with van der Waals surface area (Å²) >= 11 is 10.2. The van der Waals surface area contributed by atoms with Crippen molar-refractivity contribution in [2.24, 2.45) is 0 Å². The van der Waals surface area contributed by atoms with Gasteiger partial charge in [-0.15, -0.1) is 22.9 Å². The van der Waals surface area contributed by atoms with E-state index in [1.54, 1.807) is 12.1 Å². The standard InChI is InChI=1S/C13H7BrClFN2OS/c14-8-3-6(1-2-9(8)16)7-5-20-13-11(7)12(19)17-10(4-15)18-13/h1-3,5H,4H2,(H,17,18,19). The van der Waals surface area contributed by atoms with Crippen molar-refractivity contribution in [3.05, 3.63) is 50.0 Å². The number of halogens is 3. The lowest BCUT2D eigenvalue weighted by Crippen LogP contribution is -2.10. The molecule has 0 bridgehead atoms. The molecule has 102 valence electrons. The van der Waals surface area contributed by atoms with Crippen LogP contribution in [0.5, 0.6) is 0 Å². The van der Waals surface area contributed by atoms with Crippen molar-refractivity contribution in [3.8, 4) is 11.1 Å². The molecule has 0 spiro atoms. The number of rotatable bonds is 2. The lowest BCUT2D eigenvalue weighted by molar-refractivity contribution is 0.621. The average Bonchev–Trinajstić information content (AvgIpc) is 2.86. The number of fused-ring (bicyclic) bond motifs is 1. The number of aromatic nitrogens is 2. The van der Waals surface area contributed by atoms with Gasteiger partial charge in [0, 0.05) is 10.9 Å². The van der Waals surface area contributed by atoms with E-state index in [2.05, 4.69) is 25.9 Å². The van der Waals surface area contributed by atoms with Gasteiger partial charge in [0.05, 0.1) is 15.7 Å². The number of benzene rings is 1.